The van der Waals surface area contributed by atoms with E-state index >= 15 is 0 Å². The van der Waals surface area contributed by atoms with E-state index in [-0.39, 0.29) is 31.3 Å². The number of esters is 1. The van der Waals surface area contributed by atoms with Gasteiger partial charge in [0, 0.05) is 6.42 Å². The Labute approximate surface area is 124 Å². The van der Waals surface area contributed by atoms with E-state index in [2.05, 4.69) is 5.10 Å². The lowest BCUT2D eigenvalue weighted by molar-refractivity contribution is -0.402. The molecule has 1 unspecified atom stereocenters. The fourth-order valence-corrected chi connectivity index (χ4v) is 1.61. The molecule has 1 amide bonds. The second-order valence-electron chi connectivity index (χ2n) is 4.30. The normalized spacial score (nSPS) is 17.8. The van der Waals surface area contributed by atoms with Gasteiger partial charge in [-0.25, -0.2) is 4.79 Å². The number of nitrogens with zero attached hydrogens (tertiary/aromatic N) is 3. The van der Waals surface area contributed by atoms with Gasteiger partial charge in [0.2, 0.25) is 0 Å². The third-order valence-corrected chi connectivity index (χ3v) is 2.69. The van der Waals surface area contributed by atoms with Crippen LogP contribution in [0, 0.1) is 10.1 Å². The van der Waals surface area contributed by atoms with Crippen LogP contribution >= 0.6 is 0 Å². The van der Waals surface area contributed by atoms with E-state index in [0.717, 1.165) is 11.2 Å². The van der Waals surface area contributed by atoms with Crippen molar-refractivity contribution in [3.05, 3.63) is 28.0 Å². The number of furan rings is 1. The zero-order chi connectivity index (χ0) is 16.1. The standard InChI is InChI=1S/C12H13N3O7/c1-2-11(16)20-7-9-6-14(12(17)22-9)13-5-8-3-4-10(21-8)15(18)19/h3-5,9H,2,6-7H2,1H3/b13-5+. The second kappa shape index (κ2) is 6.70. The molecule has 0 aromatic carbocycles. The number of cyclic esters (lactones) is 1. The fraction of sp³-hybridized carbons (Fsp3) is 0.417. The average Bonchev–Trinajstić information content (AvgIpc) is 3.09. The smallest absolute Gasteiger partial charge is 0.433 e. The molecule has 22 heavy (non-hydrogen) atoms. The maximum atomic E-state index is 11.5. The zero-order valence-electron chi connectivity index (χ0n) is 11.6. The van der Waals surface area contributed by atoms with Crippen LogP contribution in [0.25, 0.3) is 0 Å². The Balaban J connectivity index is 1.89. The first-order valence-corrected chi connectivity index (χ1v) is 6.41. The minimum Gasteiger partial charge on any atom is -0.462 e. The van der Waals surface area contributed by atoms with Gasteiger partial charge in [-0.2, -0.15) is 10.1 Å². The molecule has 1 atom stereocenters. The number of nitro groups is 1. The molecule has 0 N–H and O–H groups in total. The Morgan fingerprint density at radius 1 is 1.64 bits per heavy atom. The molecule has 2 heterocycles. The van der Waals surface area contributed by atoms with Crippen molar-refractivity contribution < 1.29 is 28.4 Å². The van der Waals surface area contributed by atoms with Crippen LogP contribution < -0.4 is 0 Å². The fourth-order valence-electron chi connectivity index (χ4n) is 1.61. The Bertz CT molecular complexity index is 610. The summed E-state index contributed by atoms with van der Waals surface area (Å²) in [6, 6.07) is 2.53. The van der Waals surface area contributed by atoms with E-state index in [0.29, 0.717) is 0 Å². The van der Waals surface area contributed by atoms with Gasteiger partial charge in [-0.15, -0.1) is 0 Å². The van der Waals surface area contributed by atoms with Crippen molar-refractivity contribution >= 4 is 24.2 Å². The van der Waals surface area contributed by atoms with Crippen molar-refractivity contribution in [1.29, 1.82) is 0 Å². The van der Waals surface area contributed by atoms with Gasteiger partial charge in [-0.05, 0) is 6.07 Å². The molecular weight excluding hydrogens is 298 g/mol. The highest BCUT2D eigenvalue weighted by molar-refractivity contribution is 5.78. The molecule has 1 aromatic rings. The van der Waals surface area contributed by atoms with E-state index < -0.39 is 23.0 Å². The van der Waals surface area contributed by atoms with Gasteiger partial charge < -0.3 is 13.9 Å². The Morgan fingerprint density at radius 2 is 2.41 bits per heavy atom. The summed E-state index contributed by atoms with van der Waals surface area (Å²) in [7, 11) is 0. The lowest BCUT2D eigenvalue weighted by Crippen LogP contribution is -2.23. The van der Waals surface area contributed by atoms with E-state index in [9.17, 15) is 19.7 Å². The van der Waals surface area contributed by atoms with Gasteiger partial charge in [0.25, 0.3) is 0 Å². The van der Waals surface area contributed by atoms with Crippen molar-refractivity contribution in [2.75, 3.05) is 13.2 Å². The molecule has 118 valence electrons. The monoisotopic (exact) mass is 311 g/mol. The van der Waals surface area contributed by atoms with Crippen molar-refractivity contribution in [3.63, 3.8) is 0 Å². The summed E-state index contributed by atoms with van der Waals surface area (Å²) in [6.45, 7) is 1.72. The molecule has 1 aromatic heterocycles. The number of carbonyl (C=O) groups excluding carboxylic acids is 2. The second-order valence-corrected chi connectivity index (χ2v) is 4.30. The first kappa shape index (κ1) is 15.5. The molecule has 0 aliphatic carbocycles. The predicted molar refractivity (Wildman–Crippen MR) is 71.2 cm³/mol. The zero-order valence-corrected chi connectivity index (χ0v) is 11.6. The molecule has 0 saturated carbocycles. The van der Waals surface area contributed by atoms with Crippen molar-refractivity contribution in [3.8, 4) is 0 Å². The van der Waals surface area contributed by atoms with Gasteiger partial charge in [-0.3, -0.25) is 14.9 Å². The lowest BCUT2D eigenvalue weighted by atomic mass is 10.4. The van der Waals surface area contributed by atoms with Gasteiger partial charge in [-0.1, -0.05) is 6.92 Å². The summed E-state index contributed by atoms with van der Waals surface area (Å²) in [5, 5.41) is 15.3. The topological polar surface area (TPSA) is 124 Å². The van der Waals surface area contributed by atoms with Crippen LogP contribution in [-0.4, -0.2) is 47.5 Å². The van der Waals surface area contributed by atoms with Crippen LogP contribution in [0.15, 0.2) is 21.7 Å². The minimum atomic E-state index is -0.699. The van der Waals surface area contributed by atoms with Gasteiger partial charge >= 0.3 is 17.9 Å². The van der Waals surface area contributed by atoms with Crippen molar-refractivity contribution in [2.45, 2.75) is 19.4 Å². The molecule has 10 nitrogen and oxygen atoms in total. The Morgan fingerprint density at radius 3 is 3.05 bits per heavy atom. The number of ether oxygens (including phenoxy) is 2. The third-order valence-electron chi connectivity index (χ3n) is 2.69. The van der Waals surface area contributed by atoms with Crippen LogP contribution in [0.1, 0.15) is 19.1 Å². The van der Waals surface area contributed by atoms with Gasteiger partial charge in [0.05, 0.1) is 18.8 Å². The summed E-state index contributed by atoms with van der Waals surface area (Å²) >= 11 is 0. The number of hydrogen-bond acceptors (Lipinski definition) is 8. The molecule has 1 aliphatic heterocycles. The largest absolute Gasteiger partial charge is 0.462 e. The number of hydrogen-bond donors (Lipinski definition) is 0. The summed E-state index contributed by atoms with van der Waals surface area (Å²) in [4.78, 5) is 32.4. The predicted octanol–water partition coefficient (Wildman–Crippen LogP) is 1.30. The van der Waals surface area contributed by atoms with Crippen LogP contribution in [0.3, 0.4) is 0 Å². The van der Waals surface area contributed by atoms with Gasteiger partial charge in [0.15, 0.2) is 11.9 Å². The van der Waals surface area contributed by atoms with Gasteiger partial charge in [0.1, 0.15) is 11.5 Å². The summed E-state index contributed by atoms with van der Waals surface area (Å²) in [5.74, 6) is -0.684. The highest BCUT2D eigenvalue weighted by atomic mass is 16.6. The SMILES string of the molecule is CCC(=O)OCC1CN(/N=C/c2ccc([N+](=O)[O-])o2)C(=O)O1. The maximum Gasteiger partial charge on any atom is 0.433 e. The molecule has 0 radical (unpaired) electrons. The molecule has 1 saturated heterocycles. The highest BCUT2D eigenvalue weighted by Crippen LogP contribution is 2.15. The minimum absolute atomic E-state index is 0.0450. The molecule has 10 heteroatoms. The lowest BCUT2D eigenvalue weighted by Gasteiger charge is -2.07. The molecular formula is C12H13N3O7. The number of hydrazone groups is 1. The number of carbonyl (C=O) groups is 2. The third kappa shape index (κ3) is 3.81. The number of amides is 1. The first-order valence-electron chi connectivity index (χ1n) is 6.41. The quantitative estimate of drug-likeness (QED) is 0.335. The first-order chi connectivity index (χ1) is 10.5. The van der Waals surface area contributed by atoms with Crippen molar-refractivity contribution in [2.24, 2.45) is 5.10 Å². The molecule has 2 rings (SSSR count). The molecule has 1 aliphatic rings. The van der Waals surface area contributed by atoms with Crippen LogP contribution in [0.5, 0.6) is 0 Å². The van der Waals surface area contributed by atoms with E-state index in [1.165, 1.54) is 12.1 Å². The molecule has 1 fully saturated rings. The highest BCUT2D eigenvalue weighted by Gasteiger charge is 2.32. The summed E-state index contributed by atoms with van der Waals surface area (Å²) in [6.07, 6.45) is 0.0926. The Kier molecular flexibility index (Phi) is 4.71. The van der Waals surface area contributed by atoms with Crippen LogP contribution in [-0.2, 0) is 14.3 Å². The Hall–Kier alpha value is -2.91. The maximum absolute atomic E-state index is 11.5. The van der Waals surface area contributed by atoms with E-state index in [1.807, 2.05) is 0 Å². The van der Waals surface area contributed by atoms with E-state index in [4.69, 9.17) is 13.9 Å². The summed E-state index contributed by atoms with van der Waals surface area (Å²) < 4.78 is 14.7. The molecule has 0 bridgehead atoms. The number of rotatable bonds is 6. The molecule has 0 spiro atoms. The van der Waals surface area contributed by atoms with Crippen LogP contribution in [0.4, 0.5) is 10.7 Å². The average molecular weight is 311 g/mol. The van der Waals surface area contributed by atoms with E-state index in [1.54, 1.807) is 6.92 Å². The van der Waals surface area contributed by atoms with Crippen LogP contribution in [0.2, 0.25) is 0 Å². The summed E-state index contributed by atoms with van der Waals surface area (Å²) in [5.41, 5.74) is 0. The van der Waals surface area contributed by atoms with Crippen molar-refractivity contribution in [1.82, 2.24) is 5.01 Å².